The zero-order chi connectivity index (χ0) is 22.2. The largest absolute Gasteiger partial charge is 0.315 e. The van der Waals surface area contributed by atoms with Crippen LogP contribution < -0.4 is 5.32 Å². The lowest BCUT2D eigenvalue weighted by Crippen LogP contribution is -2.14. The van der Waals surface area contributed by atoms with E-state index < -0.39 is 23.2 Å². The van der Waals surface area contributed by atoms with Crippen LogP contribution in [0.1, 0.15) is 33.2 Å². The molecule has 160 valence electrons. The predicted octanol–water partition coefficient (Wildman–Crippen LogP) is 6.20. The van der Waals surface area contributed by atoms with Gasteiger partial charge in [0.1, 0.15) is 17.3 Å². The van der Waals surface area contributed by atoms with Gasteiger partial charge in [0.15, 0.2) is 5.01 Å². The van der Waals surface area contributed by atoms with E-state index in [-0.39, 0.29) is 5.01 Å². The van der Waals surface area contributed by atoms with Crippen LogP contribution in [0.3, 0.4) is 0 Å². The summed E-state index contributed by atoms with van der Waals surface area (Å²) in [6.07, 6.45) is 4.43. The number of pyridine rings is 1. The molecule has 1 aliphatic rings. The minimum absolute atomic E-state index is 0.188. The van der Waals surface area contributed by atoms with Gasteiger partial charge in [-0.25, -0.2) is 13.8 Å². The van der Waals surface area contributed by atoms with Crippen LogP contribution in [0.4, 0.5) is 14.5 Å². The molecule has 2 aromatic heterocycles. The maximum atomic E-state index is 14.0. The number of aromatic nitrogens is 2. The number of aryl methyl sites for hydroxylation is 3. The van der Waals surface area contributed by atoms with Crippen LogP contribution in [0, 0.1) is 18.6 Å². The first kappa shape index (κ1) is 20.5. The molecule has 5 rings (SSSR count). The molecule has 0 radical (unpaired) electrons. The zero-order valence-electron chi connectivity index (χ0n) is 17.3. The smallest absolute Gasteiger partial charge is 0.284 e. The van der Waals surface area contributed by atoms with Crippen molar-refractivity contribution in [3.8, 4) is 21.6 Å². The van der Waals surface area contributed by atoms with E-state index in [0.29, 0.717) is 0 Å². The molecule has 4 aromatic rings. The van der Waals surface area contributed by atoms with Gasteiger partial charge in [-0.2, -0.15) is 0 Å². The quantitative estimate of drug-likeness (QED) is 0.407. The van der Waals surface area contributed by atoms with Crippen molar-refractivity contribution in [1.82, 2.24) is 9.97 Å². The van der Waals surface area contributed by atoms with E-state index in [1.54, 1.807) is 0 Å². The summed E-state index contributed by atoms with van der Waals surface area (Å²) in [5.74, 6) is -2.26. The second kappa shape index (κ2) is 8.24. The number of fused-ring (bicyclic) bond motifs is 3. The van der Waals surface area contributed by atoms with Crippen molar-refractivity contribution in [2.45, 2.75) is 26.2 Å². The third-order valence-electron chi connectivity index (χ3n) is 5.55. The molecule has 2 heterocycles. The number of nitrogens with one attached hydrogen (secondary N) is 1. The van der Waals surface area contributed by atoms with Crippen LogP contribution in [0.5, 0.6) is 0 Å². The molecule has 1 aliphatic carbocycles. The fourth-order valence-electron chi connectivity index (χ4n) is 3.88. The van der Waals surface area contributed by atoms with Crippen molar-refractivity contribution >= 4 is 22.9 Å². The van der Waals surface area contributed by atoms with Crippen molar-refractivity contribution < 1.29 is 13.6 Å². The molecular weight excluding hydrogens is 428 g/mol. The number of nitrogens with zero attached hydrogens (tertiary/aromatic N) is 2. The van der Waals surface area contributed by atoms with Crippen molar-refractivity contribution in [3.63, 3.8) is 0 Å². The lowest BCUT2D eigenvalue weighted by Gasteiger charge is -2.09. The van der Waals surface area contributed by atoms with Gasteiger partial charge in [0.2, 0.25) is 0 Å². The van der Waals surface area contributed by atoms with Gasteiger partial charge in [-0.1, -0.05) is 24.3 Å². The van der Waals surface area contributed by atoms with E-state index in [9.17, 15) is 13.6 Å². The van der Waals surface area contributed by atoms with Gasteiger partial charge in [0, 0.05) is 17.5 Å². The predicted molar refractivity (Wildman–Crippen MR) is 122 cm³/mol. The van der Waals surface area contributed by atoms with E-state index >= 15 is 0 Å². The normalized spacial score (nSPS) is 12.6. The van der Waals surface area contributed by atoms with E-state index in [1.807, 2.05) is 25.3 Å². The number of thiazole rings is 1. The molecule has 7 heteroatoms. The van der Waals surface area contributed by atoms with E-state index in [4.69, 9.17) is 0 Å². The van der Waals surface area contributed by atoms with Gasteiger partial charge < -0.3 is 5.32 Å². The molecule has 0 unspecified atom stereocenters. The number of carbonyl (C=O) groups excluding carboxylic acids is 1. The van der Waals surface area contributed by atoms with Crippen LogP contribution in [-0.4, -0.2) is 15.9 Å². The molecule has 0 saturated carbocycles. The summed E-state index contributed by atoms with van der Waals surface area (Å²) in [5, 5.41) is 2.52. The molecule has 1 amide bonds. The Morgan fingerprint density at radius 3 is 2.56 bits per heavy atom. The highest BCUT2D eigenvalue weighted by atomic mass is 32.1. The van der Waals surface area contributed by atoms with E-state index in [0.717, 1.165) is 64.4 Å². The van der Waals surface area contributed by atoms with Gasteiger partial charge in [0.05, 0.1) is 10.6 Å². The number of benzene rings is 2. The third kappa shape index (κ3) is 3.80. The van der Waals surface area contributed by atoms with Gasteiger partial charge in [0.25, 0.3) is 5.91 Å². The van der Waals surface area contributed by atoms with E-state index in [1.165, 1.54) is 23.0 Å². The number of halogens is 2. The summed E-state index contributed by atoms with van der Waals surface area (Å²) >= 11 is 1.25. The Morgan fingerprint density at radius 1 is 1.03 bits per heavy atom. The average molecular weight is 448 g/mol. The fourth-order valence-corrected chi connectivity index (χ4v) is 4.94. The summed E-state index contributed by atoms with van der Waals surface area (Å²) in [4.78, 5) is 22.6. The molecule has 4 nitrogen and oxygen atoms in total. The summed E-state index contributed by atoms with van der Waals surface area (Å²) in [6, 6.07) is 13.8. The number of carbonyl (C=O) groups is 1. The van der Waals surface area contributed by atoms with Gasteiger partial charge in [-0.3, -0.25) is 9.78 Å². The number of anilines is 1. The highest BCUT2D eigenvalue weighted by Gasteiger charge is 2.23. The summed E-state index contributed by atoms with van der Waals surface area (Å²) in [5.41, 5.74) is 5.63. The Labute approximate surface area is 188 Å². The Hall–Kier alpha value is -3.45. The maximum Gasteiger partial charge on any atom is 0.284 e. The fraction of sp³-hybridized carbons (Fsp3) is 0.160. The molecule has 0 saturated heterocycles. The van der Waals surface area contributed by atoms with Crippen LogP contribution in [0.2, 0.25) is 0 Å². The molecule has 0 atom stereocenters. The number of amides is 1. The van der Waals surface area contributed by atoms with Crippen molar-refractivity contribution in [1.29, 1.82) is 0 Å². The standard InChI is InChI=1S/C25H19F2N3OS/c1-14-8-9-17(13-28-14)16-11-10-15-4-2-7-21-23(18(15)12-16)32-25(29-21)24(31)30-22-19(26)5-3-6-20(22)27/h3,5-6,8-13H,2,4,7H2,1H3,(H,30,31). The first-order valence-electron chi connectivity index (χ1n) is 10.3. The van der Waals surface area contributed by atoms with Crippen molar-refractivity contribution in [2.75, 3.05) is 5.32 Å². The summed E-state index contributed by atoms with van der Waals surface area (Å²) in [7, 11) is 0. The number of hydrogen-bond donors (Lipinski definition) is 1. The van der Waals surface area contributed by atoms with Gasteiger partial charge >= 0.3 is 0 Å². The molecule has 0 fully saturated rings. The van der Waals surface area contributed by atoms with Gasteiger partial charge in [-0.15, -0.1) is 11.3 Å². The van der Waals surface area contributed by atoms with Crippen molar-refractivity contribution in [3.05, 3.63) is 88.3 Å². The second-order valence-electron chi connectivity index (χ2n) is 7.76. The first-order chi connectivity index (χ1) is 15.5. The zero-order valence-corrected chi connectivity index (χ0v) is 18.1. The van der Waals surface area contributed by atoms with Crippen LogP contribution in [-0.2, 0) is 12.8 Å². The number of para-hydroxylation sites is 1. The first-order valence-corrected chi connectivity index (χ1v) is 11.1. The number of rotatable bonds is 3. The van der Waals surface area contributed by atoms with Crippen LogP contribution in [0.25, 0.3) is 21.6 Å². The maximum absolute atomic E-state index is 14.0. The topological polar surface area (TPSA) is 54.9 Å². The second-order valence-corrected chi connectivity index (χ2v) is 8.76. The van der Waals surface area contributed by atoms with Crippen LogP contribution in [0.15, 0.2) is 54.7 Å². The molecule has 2 aromatic carbocycles. The highest BCUT2D eigenvalue weighted by molar-refractivity contribution is 7.17. The van der Waals surface area contributed by atoms with Crippen molar-refractivity contribution in [2.24, 2.45) is 0 Å². The monoisotopic (exact) mass is 447 g/mol. The summed E-state index contributed by atoms with van der Waals surface area (Å²) < 4.78 is 27.9. The van der Waals surface area contributed by atoms with Crippen LogP contribution >= 0.6 is 11.3 Å². The molecule has 0 aliphatic heterocycles. The SMILES string of the molecule is Cc1ccc(-c2ccc3c(c2)-c2sc(C(=O)Nc4c(F)cccc4F)nc2CCC3)cn1. The highest BCUT2D eigenvalue weighted by Crippen LogP contribution is 2.39. The third-order valence-corrected chi connectivity index (χ3v) is 6.68. The van der Waals surface area contributed by atoms with E-state index in [2.05, 4.69) is 33.5 Å². The molecule has 0 bridgehead atoms. The lowest BCUT2D eigenvalue weighted by molar-refractivity contribution is 0.102. The van der Waals surface area contributed by atoms with Gasteiger partial charge in [-0.05, 0) is 67.1 Å². The minimum Gasteiger partial charge on any atom is -0.315 e. The molecule has 1 N–H and O–H groups in total. The Bertz CT molecular complexity index is 1310. The molecule has 32 heavy (non-hydrogen) atoms. The molecular formula is C25H19F2N3OS. The Morgan fingerprint density at radius 2 is 1.81 bits per heavy atom. The number of hydrogen-bond acceptors (Lipinski definition) is 4. The minimum atomic E-state index is -0.821. The molecule has 0 spiro atoms. The Balaban J connectivity index is 1.52. The average Bonchev–Trinajstić information content (AvgIpc) is 3.14. The summed E-state index contributed by atoms with van der Waals surface area (Å²) in [6.45, 7) is 1.95. The lowest BCUT2D eigenvalue weighted by atomic mass is 9.98. The Kier molecular flexibility index (Phi) is 5.27.